The number of benzene rings is 1. The highest BCUT2D eigenvalue weighted by Gasteiger charge is 2.14. The van der Waals surface area contributed by atoms with Crippen LogP contribution in [-0.4, -0.2) is 21.9 Å². The maximum atomic E-state index is 12.1. The number of rotatable bonds is 6. The zero-order chi connectivity index (χ0) is 16.9. The SMILES string of the molecule is C[C@@H](NC(=O)CSc1nnc(-c2cccs2)o1)c1cccc(Cl)c1. The molecule has 124 valence electrons. The predicted molar refractivity (Wildman–Crippen MR) is 96.3 cm³/mol. The number of aromatic nitrogens is 2. The molecule has 0 unspecified atom stereocenters. The Labute approximate surface area is 152 Å². The maximum Gasteiger partial charge on any atom is 0.277 e. The molecule has 1 atom stereocenters. The average molecular weight is 380 g/mol. The number of nitrogens with one attached hydrogen (secondary N) is 1. The molecule has 3 rings (SSSR count). The van der Waals surface area contributed by atoms with Crippen molar-refractivity contribution in [3.63, 3.8) is 0 Å². The molecule has 3 aromatic rings. The Morgan fingerprint density at radius 3 is 3.00 bits per heavy atom. The first-order chi connectivity index (χ1) is 11.6. The van der Waals surface area contributed by atoms with E-state index in [1.807, 2.05) is 42.6 Å². The van der Waals surface area contributed by atoms with Crippen molar-refractivity contribution in [2.45, 2.75) is 18.2 Å². The van der Waals surface area contributed by atoms with Gasteiger partial charge in [-0.25, -0.2) is 0 Å². The van der Waals surface area contributed by atoms with Crippen molar-refractivity contribution in [1.82, 2.24) is 15.5 Å². The van der Waals surface area contributed by atoms with Crippen LogP contribution in [0.2, 0.25) is 5.02 Å². The number of halogens is 1. The van der Waals surface area contributed by atoms with E-state index in [1.54, 1.807) is 6.07 Å². The quantitative estimate of drug-likeness (QED) is 0.642. The molecule has 0 radical (unpaired) electrons. The van der Waals surface area contributed by atoms with Crippen LogP contribution >= 0.6 is 34.7 Å². The summed E-state index contributed by atoms with van der Waals surface area (Å²) in [6.07, 6.45) is 0. The third kappa shape index (κ3) is 4.37. The Morgan fingerprint density at radius 1 is 1.38 bits per heavy atom. The molecule has 0 saturated heterocycles. The number of carbonyl (C=O) groups excluding carboxylic acids is 1. The summed E-state index contributed by atoms with van der Waals surface area (Å²) in [5.74, 6) is 0.570. The van der Waals surface area contributed by atoms with Gasteiger partial charge in [0, 0.05) is 5.02 Å². The van der Waals surface area contributed by atoms with E-state index in [9.17, 15) is 4.79 Å². The van der Waals surface area contributed by atoms with Crippen LogP contribution in [0.25, 0.3) is 10.8 Å². The van der Waals surface area contributed by atoms with Gasteiger partial charge in [0.25, 0.3) is 11.1 Å². The van der Waals surface area contributed by atoms with E-state index in [0.717, 1.165) is 10.4 Å². The standard InChI is InChI=1S/C16H14ClN3O2S2/c1-10(11-4-2-5-12(17)8-11)18-14(21)9-24-16-20-19-15(22-16)13-6-3-7-23-13/h2-8,10H,9H2,1H3,(H,18,21)/t10-/m1/s1. The van der Waals surface area contributed by atoms with Crippen molar-refractivity contribution >= 4 is 40.6 Å². The lowest BCUT2D eigenvalue weighted by molar-refractivity contribution is -0.119. The van der Waals surface area contributed by atoms with Gasteiger partial charge >= 0.3 is 0 Å². The van der Waals surface area contributed by atoms with Gasteiger partial charge in [0.2, 0.25) is 5.91 Å². The Bertz CT molecular complexity index is 820. The molecule has 24 heavy (non-hydrogen) atoms. The maximum absolute atomic E-state index is 12.1. The van der Waals surface area contributed by atoms with Gasteiger partial charge in [0.05, 0.1) is 16.7 Å². The zero-order valence-electron chi connectivity index (χ0n) is 12.7. The van der Waals surface area contributed by atoms with Gasteiger partial charge in [-0.1, -0.05) is 41.6 Å². The summed E-state index contributed by atoms with van der Waals surface area (Å²) in [6, 6.07) is 11.1. The van der Waals surface area contributed by atoms with E-state index >= 15 is 0 Å². The molecule has 1 N–H and O–H groups in total. The van der Waals surface area contributed by atoms with Crippen molar-refractivity contribution in [1.29, 1.82) is 0 Å². The van der Waals surface area contributed by atoms with Crippen molar-refractivity contribution in [2.75, 3.05) is 5.75 Å². The summed E-state index contributed by atoms with van der Waals surface area (Å²) in [7, 11) is 0. The molecule has 5 nitrogen and oxygen atoms in total. The Hall–Kier alpha value is -1.83. The van der Waals surface area contributed by atoms with Gasteiger partial charge in [0.1, 0.15) is 0 Å². The van der Waals surface area contributed by atoms with E-state index in [4.69, 9.17) is 16.0 Å². The van der Waals surface area contributed by atoms with Crippen LogP contribution < -0.4 is 5.32 Å². The van der Waals surface area contributed by atoms with Gasteiger partial charge in [-0.15, -0.1) is 21.5 Å². The second-order valence-electron chi connectivity index (χ2n) is 4.98. The molecule has 2 heterocycles. The third-order valence-electron chi connectivity index (χ3n) is 3.19. The summed E-state index contributed by atoms with van der Waals surface area (Å²) >= 11 is 8.71. The normalized spacial score (nSPS) is 12.1. The monoisotopic (exact) mass is 379 g/mol. The number of nitrogens with zero attached hydrogens (tertiary/aromatic N) is 2. The Morgan fingerprint density at radius 2 is 2.25 bits per heavy atom. The highest BCUT2D eigenvalue weighted by molar-refractivity contribution is 7.99. The molecular weight excluding hydrogens is 366 g/mol. The van der Waals surface area contributed by atoms with Crippen molar-refractivity contribution in [3.8, 4) is 10.8 Å². The number of hydrogen-bond acceptors (Lipinski definition) is 6. The Balaban J connectivity index is 1.52. The molecule has 0 saturated carbocycles. The third-order valence-corrected chi connectivity index (χ3v) is 5.10. The van der Waals surface area contributed by atoms with Gasteiger partial charge in [-0.3, -0.25) is 4.79 Å². The Kier molecular flexibility index (Phi) is 5.55. The van der Waals surface area contributed by atoms with Crippen LogP contribution in [0.15, 0.2) is 51.4 Å². The van der Waals surface area contributed by atoms with E-state index < -0.39 is 0 Å². The predicted octanol–water partition coefficient (Wildman–Crippen LogP) is 4.42. The molecule has 0 aliphatic heterocycles. The fraction of sp³-hybridized carbons (Fsp3) is 0.188. The number of carbonyl (C=O) groups is 1. The molecule has 0 aliphatic carbocycles. The highest BCUT2D eigenvalue weighted by Crippen LogP contribution is 2.26. The molecule has 2 aromatic heterocycles. The molecule has 8 heteroatoms. The van der Waals surface area contributed by atoms with Crippen LogP contribution in [-0.2, 0) is 4.79 Å². The largest absolute Gasteiger partial charge is 0.410 e. The zero-order valence-corrected chi connectivity index (χ0v) is 15.1. The van der Waals surface area contributed by atoms with Crippen LogP contribution in [0.4, 0.5) is 0 Å². The molecule has 1 amide bonds. The number of thioether (sulfide) groups is 1. The molecule has 1 aromatic carbocycles. The van der Waals surface area contributed by atoms with Crippen LogP contribution in [0.3, 0.4) is 0 Å². The second-order valence-corrected chi connectivity index (χ2v) is 7.29. The lowest BCUT2D eigenvalue weighted by Crippen LogP contribution is -2.28. The number of thiophene rings is 1. The number of hydrogen-bond donors (Lipinski definition) is 1. The van der Waals surface area contributed by atoms with E-state index in [0.29, 0.717) is 16.1 Å². The molecule has 0 aliphatic rings. The van der Waals surface area contributed by atoms with Crippen LogP contribution in [0.1, 0.15) is 18.5 Å². The minimum atomic E-state index is -0.124. The van der Waals surface area contributed by atoms with Crippen molar-refractivity contribution in [2.24, 2.45) is 0 Å². The summed E-state index contributed by atoms with van der Waals surface area (Å²) in [5.41, 5.74) is 0.957. The van der Waals surface area contributed by atoms with Gasteiger partial charge in [0.15, 0.2) is 0 Å². The summed E-state index contributed by atoms with van der Waals surface area (Å²) < 4.78 is 5.54. The second kappa shape index (κ2) is 7.83. The fourth-order valence-electron chi connectivity index (χ4n) is 2.04. The topological polar surface area (TPSA) is 68.0 Å². The lowest BCUT2D eigenvalue weighted by atomic mass is 10.1. The molecule has 0 fully saturated rings. The van der Waals surface area contributed by atoms with Crippen molar-refractivity contribution < 1.29 is 9.21 Å². The van der Waals surface area contributed by atoms with E-state index in [-0.39, 0.29) is 17.7 Å². The van der Waals surface area contributed by atoms with E-state index in [1.165, 1.54) is 23.1 Å². The minimum absolute atomic E-state index is 0.108. The summed E-state index contributed by atoms with van der Waals surface area (Å²) in [5, 5.41) is 13.8. The summed E-state index contributed by atoms with van der Waals surface area (Å²) in [6.45, 7) is 1.91. The first-order valence-electron chi connectivity index (χ1n) is 7.17. The molecule has 0 bridgehead atoms. The summed E-state index contributed by atoms with van der Waals surface area (Å²) in [4.78, 5) is 13.0. The molecular formula is C16H14ClN3O2S2. The van der Waals surface area contributed by atoms with Gasteiger partial charge < -0.3 is 9.73 Å². The average Bonchev–Trinajstić information content (AvgIpc) is 3.24. The molecule has 0 spiro atoms. The lowest BCUT2D eigenvalue weighted by Gasteiger charge is -2.14. The van der Waals surface area contributed by atoms with Gasteiger partial charge in [-0.05, 0) is 36.1 Å². The van der Waals surface area contributed by atoms with Crippen LogP contribution in [0, 0.1) is 0 Å². The van der Waals surface area contributed by atoms with Gasteiger partial charge in [-0.2, -0.15) is 0 Å². The fourth-order valence-corrected chi connectivity index (χ4v) is 3.45. The van der Waals surface area contributed by atoms with Crippen molar-refractivity contribution in [3.05, 3.63) is 52.4 Å². The van der Waals surface area contributed by atoms with E-state index in [2.05, 4.69) is 15.5 Å². The highest BCUT2D eigenvalue weighted by atomic mass is 35.5. The minimum Gasteiger partial charge on any atom is -0.410 e. The first-order valence-corrected chi connectivity index (χ1v) is 9.41. The van der Waals surface area contributed by atoms with Crippen LogP contribution in [0.5, 0.6) is 0 Å². The smallest absolute Gasteiger partial charge is 0.277 e. The number of amides is 1. The first kappa shape index (κ1) is 17.0.